The van der Waals surface area contributed by atoms with E-state index in [1.807, 2.05) is 0 Å². The Labute approximate surface area is 104 Å². The number of benzene rings is 1. The predicted octanol–water partition coefficient (Wildman–Crippen LogP) is 0.0452. The molecule has 1 unspecified atom stereocenters. The van der Waals surface area contributed by atoms with Crippen molar-refractivity contribution < 1.29 is 19.8 Å². The Bertz CT molecular complexity index is 501. The number of nitrogens with zero attached hydrogens (tertiary/aromatic N) is 1. The molecule has 2 rings (SSSR count). The molecular weight excluding hydrogens is 236 g/mol. The predicted molar refractivity (Wildman–Crippen MR) is 63.0 cm³/mol. The lowest BCUT2D eigenvalue weighted by atomic mass is 10.1. The molecule has 1 aromatic carbocycles. The Hall–Kier alpha value is -2.24. The van der Waals surface area contributed by atoms with E-state index in [2.05, 4.69) is 0 Å². The molecule has 1 aliphatic rings. The summed E-state index contributed by atoms with van der Waals surface area (Å²) in [5, 5.41) is 18.5. The topological polar surface area (TPSA) is 104 Å². The number of phenols is 2. The van der Waals surface area contributed by atoms with Crippen molar-refractivity contribution in [3.63, 3.8) is 0 Å². The van der Waals surface area contributed by atoms with Gasteiger partial charge in [0.25, 0.3) is 5.91 Å². The summed E-state index contributed by atoms with van der Waals surface area (Å²) in [6.07, 6.45) is 0.561. The molecule has 6 heteroatoms. The van der Waals surface area contributed by atoms with Crippen molar-refractivity contribution in [1.29, 1.82) is 0 Å². The van der Waals surface area contributed by atoms with Gasteiger partial charge in [-0.2, -0.15) is 0 Å². The number of rotatable bonds is 2. The molecule has 4 N–H and O–H groups in total. The monoisotopic (exact) mass is 250 g/mol. The van der Waals surface area contributed by atoms with E-state index in [0.29, 0.717) is 19.5 Å². The third-order valence-corrected chi connectivity index (χ3v) is 3.10. The first-order valence-electron chi connectivity index (χ1n) is 5.59. The van der Waals surface area contributed by atoms with E-state index in [9.17, 15) is 14.7 Å². The number of aromatic hydroxyl groups is 2. The summed E-state index contributed by atoms with van der Waals surface area (Å²) in [5.41, 5.74) is 5.47. The van der Waals surface area contributed by atoms with Crippen LogP contribution in [0.2, 0.25) is 0 Å². The van der Waals surface area contributed by atoms with Gasteiger partial charge in [-0.15, -0.1) is 0 Å². The minimum atomic E-state index is -0.404. The fraction of sp³-hybridized carbons (Fsp3) is 0.333. The van der Waals surface area contributed by atoms with Gasteiger partial charge in [-0.3, -0.25) is 9.59 Å². The zero-order valence-corrected chi connectivity index (χ0v) is 9.67. The average molecular weight is 250 g/mol. The molecule has 0 radical (unpaired) electrons. The number of phenolic OH excluding ortho intramolecular Hbond substituents is 2. The molecule has 1 fully saturated rings. The number of carbonyl (C=O) groups is 2. The number of hydrogen-bond acceptors (Lipinski definition) is 4. The number of carbonyl (C=O) groups excluding carboxylic acids is 2. The van der Waals surface area contributed by atoms with Gasteiger partial charge in [0, 0.05) is 18.7 Å². The summed E-state index contributed by atoms with van der Waals surface area (Å²) in [6.45, 7) is 0.768. The summed E-state index contributed by atoms with van der Waals surface area (Å²) in [4.78, 5) is 24.6. The number of likely N-dealkylation sites (tertiary alicyclic amines) is 1. The SMILES string of the molecule is NC(=O)C1CCN(C(=O)c2ccc(O)c(O)c2)C1. The van der Waals surface area contributed by atoms with Crippen LogP contribution in [0.15, 0.2) is 18.2 Å². The summed E-state index contributed by atoms with van der Waals surface area (Å²) in [6, 6.07) is 3.88. The fourth-order valence-electron chi connectivity index (χ4n) is 2.02. The molecule has 1 aromatic rings. The molecule has 1 aliphatic heterocycles. The van der Waals surface area contributed by atoms with Gasteiger partial charge in [-0.1, -0.05) is 0 Å². The first kappa shape index (κ1) is 12.2. The highest BCUT2D eigenvalue weighted by molar-refractivity contribution is 5.95. The van der Waals surface area contributed by atoms with Gasteiger partial charge in [0.2, 0.25) is 5.91 Å². The quantitative estimate of drug-likeness (QED) is 0.645. The van der Waals surface area contributed by atoms with Crippen LogP contribution >= 0.6 is 0 Å². The van der Waals surface area contributed by atoms with Crippen LogP contribution in [-0.2, 0) is 4.79 Å². The van der Waals surface area contributed by atoms with Gasteiger partial charge in [-0.25, -0.2) is 0 Å². The van der Waals surface area contributed by atoms with Crippen molar-refractivity contribution in [2.75, 3.05) is 13.1 Å². The minimum Gasteiger partial charge on any atom is -0.504 e. The zero-order valence-electron chi connectivity index (χ0n) is 9.67. The number of nitrogens with two attached hydrogens (primary N) is 1. The van der Waals surface area contributed by atoms with Crippen molar-refractivity contribution >= 4 is 11.8 Å². The lowest BCUT2D eigenvalue weighted by Gasteiger charge is -2.16. The number of hydrogen-bond donors (Lipinski definition) is 3. The maximum atomic E-state index is 12.1. The average Bonchev–Trinajstić information content (AvgIpc) is 2.81. The largest absolute Gasteiger partial charge is 0.504 e. The summed E-state index contributed by atoms with van der Waals surface area (Å²) >= 11 is 0. The Balaban J connectivity index is 2.12. The molecule has 1 atom stereocenters. The second-order valence-electron chi connectivity index (χ2n) is 4.34. The lowest BCUT2D eigenvalue weighted by Crippen LogP contribution is -2.31. The highest BCUT2D eigenvalue weighted by atomic mass is 16.3. The van der Waals surface area contributed by atoms with E-state index >= 15 is 0 Å². The zero-order chi connectivity index (χ0) is 13.3. The van der Waals surface area contributed by atoms with E-state index in [1.54, 1.807) is 0 Å². The molecule has 0 aromatic heterocycles. The molecule has 0 spiro atoms. The molecule has 0 aliphatic carbocycles. The molecular formula is C12H14N2O4. The molecule has 96 valence electrons. The van der Waals surface area contributed by atoms with Crippen molar-refractivity contribution in [2.45, 2.75) is 6.42 Å². The molecule has 0 saturated carbocycles. The first-order valence-corrected chi connectivity index (χ1v) is 5.59. The molecule has 0 bridgehead atoms. The molecule has 1 saturated heterocycles. The number of primary amides is 1. The summed E-state index contributed by atoms with van der Waals surface area (Å²) < 4.78 is 0. The van der Waals surface area contributed by atoms with Gasteiger partial charge < -0.3 is 20.8 Å². The first-order chi connectivity index (χ1) is 8.49. The Morgan fingerprint density at radius 2 is 2.00 bits per heavy atom. The van der Waals surface area contributed by atoms with Crippen molar-refractivity contribution in [3.8, 4) is 11.5 Å². The van der Waals surface area contributed by atoms with Crippen molar-refractivity contribution in [2.24, 2.45) is 11.7 Å². The van der Waals surface area contributed by atoms with E-state index in [4.69, 9.17) is 10.8 Å². The Morgan fingerprint density at radius 1 is 1.28 bits per heavy atom. The summed E-state index contributed by atoms with van der Waals surface area (Å²) in [7, 11) is 0. The third-order valence-electron chi connectivity index (χ3n) is 3.10. The van der Waals surface area contributed by atoms with E-state index in [-0.39, 0.29) is 28.9 Å². The van der Waals surface area contributed by atoms with Crippen LogP contribution < -0.4 is 5.73 Å². The van der Waals surface area contributed by atoms with Crippen LogP contribution in [0.5, 0.6) is 11.5 Å². The minimum absolute atomic E-state index is 0.274. The maximum Gasteiger partial charge on any atom is 0.254 e. The van der Waals surface area contributed by atoms with Gasteiger partial charge in [0.1, 0.15) is 0 Å². The van der Waals surface area contributed by atoms with Crippen LogP contribution in [0.3, 0.4) is 0 Å². The third kappa shape index (κ3) is 2.22. The van der Waals surface area contributed by atoms with Crippen LogP contribution in [0, 0.1) is 5.92 Å². The van der Waals surface area contributed by atoms with Gasteiger partial charge in [-0.05, 0) is 24.6 Å². The van der Waals surface area contributed by atoms with Gasteiger partial charge in [0.15, 0.2) is 11.5 Å². The van der Waals surface area contributed by atoms with E-state index in [0.717, 1.165) is 0 Å². The van der Waals surface area contributed by atoms with Crippen LogP contribution in [-0.4, -0.2) is 40.0 Å². The van der Waals surface area contributed by atoms with Crippen LogP contribution in [0.1, 0.15) is 16.8 Å². The second-order valence-corrected chi connectivity index (χ2v) is 4.34. The smallest absolute Gasteiger partial charge is 0.254 e. The second kappa shape index (κ2) is 4.56. The van der Waals surface area contributed by atoms with Crippen LogP contribution in [0.25, 0.3) is 0 Å². The number of amides is 2. The highest BCUT2D eigenvalue weighted by Crippen LogP contribution is 2.26. The molecule has 18 heavy (non-hydrogen) atoms. The standard InChI is InChI=1S/C12H14N2O4/c13-11(17)8-3-4-14(6-8)12(18)7-1-2-9(15)10(16)5-7/h1-2,5,8,15-16H,3-4,6H2,(H2,13,17). The van der Waals surface area contributed by atoms with Crippen LogP contribution in [0.4, 0.5) is 0 Å². The molecule has 2 amide bonds. The highest BCUT2D eigenvalue weighted by Gasteiger charge is 2.30. The van der Waals surface area contributed by atoms with Gasteiger partial charge in [0.05, 0.1) is 5.92 Å². The Morgan fingerprint density at radius 3 is 2.56 bits per heavy atom. The fourth-order valence-corrected chi connectivity index (χ4v) is 2.02. The molecule has 1 heterocycles. The molecule has 6 nitrogen and oxygen atoms in total. The lowest BCUT2D eigenvalue weighted by molar-refractivity contribution is -0.121. The van der Waals surface area contributed by atoms with E-state index < -0.39 is 5.91 Å². The van der Waals surface area contributed by atoms with Crippen molar-refractivity contribution in [1.82, 2.24) is 4.90 Å². The summed E-state index contributed by atoms with van der Waals surface area (Å²) in [5.74, 6) is -1.61. The van der Waals surface area contributed by atoms with Crippen molar-refractivity contribution in [3.05, 3.63) is 23.8 Å². The maximum absolute atomic E-state index is 12.1. The normalized spacial score (nSPS) is 18.9. The van der Waals surface area contributed by atoms with Gasteiger partial charge >= 0.3 is 0 Å². The van der Waals surface area contributed by atoms with E-state index in [1.165, 1.54) is 23.1 Å². The Kier molecular flexibility index (Phi) is 3.10.